The van der Waals surface area contributed by atoms with Gasteiger partial charge in [0.1, 0.15) is 0 Å². The van der Waals surface area contributed by atoms with Crippen LogP contribution in [0.15, 0.2) is 4.99 Å². The van der Waals surface area contributed by atoms with Crippen molar-refractivity contribution < 1.29 is 0 Å². The average molecular weight is 169 g/mol. The Morgan fingerprint density at radius 2 is 1.83 bits per heavy atom. The van der Waals surface area contributed by atoms with Gasteiger partial charge in [-0.1, -0.05) is 33.1 Å². The van der Waals surface area contributed by atoms with Crippen molar-refractivity contribution in [2.24, 2.45) is 10.9 Å². The van der Waals surface area contributed by atoms with Gasteiger partial charge in [-0.25, -0.2) is 0 Å². The van der Waals surface area contributed by atoms with E-state index in [1.165, 1.54) is 37.8 Å². The second kappa shape index (κ2) is 7.33. The Hall–Kier alpha value is -0.330. The zero-order valence-corrected chi connectivity index (χ0v) is 9.06. The molecule has 0 aliphatic carbocycles. The van der Waals surface area contributed by atoms with Gasteiger partial charge in [-0.05, 0) is 25.7 Å². The fourth-order valence-corrected chi connectivity index (χ4v) is 1.54. The van der Waals surface area contributed by atoms with Gasteiger partial charge in [0.2, 0.25) is 0 Å². The van der Waals surface area contributed by atoms with E-state index in [0.717, 1.165) is 5.92 Å². The number of nitrogens with zero attached hydrogens (tertiary/aromatic N) is 1. The van der Waals surface area contributed by atoms with E-state index in [0.29, 0.717) is 0 Å². The third-order valence-corrected chi connectivity index (χ3v) is 2.49. The van der Waals surface area contributed by atoms with Crippen LogP contribution in [0.25, 0.3) is 0 Å². The Morgan fingerprint density at radius 3 is 2.25 bits per heavy atom. The molecule has 12 heavy (non-hydrogen) atoms. The summed E-state index contributed by atoms with van der Waals surface area (Å²) in [5.41, 5.74) is 1.34. The van der Waals surface area contributed by atoms with Crippen molar-refractivity contribution in [3.63, 3.8) is 0 Å². The third kappa shape index (κ3) is 4.53. The predicted molar refractivity (Wildman–Crippen MR) is 57.0 cm³/mol. The fraction of sp³-hybridized carbons (Fsp3) is 0.909. The lowest BCUT2D eigenvalue weighted by Crippen LogP contribution is -2.10. The van der Waals surface area contributed by atoms with E-state index in [9.17, 15) is 0 Å². The van der Waals surface area contributed by atoms with E-state index in [4.69, 9.17) is 0 Å². The lowest BCUT2D eigenvalue weighted by atomic mass is 9.93. The number of rotatable bonds is 6. The largest absolute Gasteiger partial charge is 0.297 e. The first-order valence-corrected chi connectivity index (χ1v) is 5.19. The molecule has 0 amide bonds. The van der Waals surface area contributed by atoms with Gasteiger partial charge in [-0.3, -0.25) is 4.99 Å². The van der Waals surface area contributed by atoms with Crippen LogP contribution in [0.2, 0.25) is 0 Å². The molecule has 0 fully saturated rings. The summed E-state index contributed by atoms with van der Waals surface area (Å²) in [5, 5.41) is 0. The van der Waals surface area contributed by atoms with Crippen molar-refractivity contribution in [2.45, 2.75) is 52.9 Å². The summed E-state index contributed by atoms with van der Waals surface area (Å²) in [7, 11) is 1.91. The van der Waals surface area contributed by atoms with Crippen LogP contribution in [-0.2, 0) is 0 Å². The molecule has 0 bridgehead atoms. The Morgan fingerprint density at radius 1 is 1.17 bits per heavy atom. The van der Waals surface area contributed by atoms with Gasteiger partial charge in [0, 0.05) is 12.8 Å². The normalized spacial score (nSPS) is 14.8. The summed E-state index contributed by atoms with van der Waals surface area (Å²) in [4.78, 5) is 4.28. The molecule has 0 spiro atoms. The molecule has 0 heterocycles. The fourth-order valence-electron chi connectivity index (χ4n) is 1.54. The Labute approximate surface area is 77.3 Å². The number of aliphatic imine (C=N–C) groups is 1. The molecule has 0 saturated heterocycles. The van der Waals surface area contributed by atoms with Crippen molar-refractivity contribution in [1.29, 1.82) is 0 Å². The van der Waals surface area contributed by atoms with E-state index >= 15 is 0 Å². The topological polar surface area (TPSA) is 12.4 Å². The van der Waals surface area contributed by atoms with Crippen LogP contribution in [0, 0.1) is 5.92 Å². The SMILES string of the molecule is CCCCC(CCC)C(C)=NC. The van der Waals surface area contributed by atoms with Crippen molar-refractivity contribution in [3.8, 4) is 0 Å². The Kier molecular flexibility index (Phi) is 7.12. The van der Waals surface area contributed by atoms with Crippen LogP contribution in [0.3, 0.4) is 0 Å². The monoisotopic (exact) mass is 169 g/mol. The quantitative estimate of drug-likeness (QED) is 0.538. The van der Waals surface area contributed by atoms with E-state index < -0.39 is 0 Å². The first-order chi connectivity index (χ1) is 5.76. The molecule has 0 rings (SSSR count). The summed E-state index contributed by atoms with van der Waals surface area (Å²) in [6.45, 7) is 6.67. The summed E-state index contributed by atoms with van der Waals surface area (Å²) in [5.74, 6) is 0.750. The van der Waals surface area contributed by atoms with Gasteiger partial charge < -0.3 is 0 Å². The molecule has 0 radical (unpaired) electrons. The van der Waals surface area contributed by atoms with Crippen LogP contribution < -0.4 is 0 Å². The second-order valence-electron chi connectivity index (χ2n) is 3.49. The second-order valence-corrected chi connectivity index (χ2v) is 3.49. The van der Waals surface area contributed by atoms with Crippen molar-refractivity contribution in [2.75, 3.05) is 7.05 Å². The van der Waals surface area contributed by atoms with E-state index in [1.807, 2.05) is 7.05 Å². The molecule has 1 unspecified atom stereocenters. The van der Waals surface area contributed by atoms with Crippen molar-refractivity contribution in [1.82, 2.24) is 0 Å². The van der Waals surface area contributed by atoms with Crippen LogP contribution >= 0.6 is 0 Å². The molecule has 0 aliphatic rings. The van der Waals surface area contributed by atoms with Gasteiger partial charge in [-0.2, -0.15) is 0 Å². The van der Waals surface area contributed by atoms with Crippen LogP contribution in [0.5, 0.6) is 0 Å². The van der Waals surface area contributed by atoms with E-state index in [-0.39, 0.29) is 0 Å². The van der Waals surface area contributed by atoms with Gasteiger partial charge in [-0.15, -0.1) is 0 Å². The van der Waals surface area contributed by atoms with Gasteiger partial charge >= 0.3 is 0 Å². The average Bonchev–Trinajstić information content (AvgIpc) is 2.11. The number of hydrogen-bond acceptors (Lipinski definition) is 1. The van der Waals surface area contributed by atoms with Crippen LogP contribution in [0.1, 0.15) is 52.9 Å². The maximum atomic E-state index is 4.28. The minimum atomic E-state index is 0.750. The molecule has 1 atom stereocenters. The smallest absolute Gasteiger partial charge is 0.0276 e. The van der Waals surface area contributed by atoms with Gasteiger partial charge in [0.15, 0.2) is 0 Å². The van der Waals surface area contributed by atoms with Gasteiger partial charge in [0.25, 0.3) is 0 Å². The summed E-state index contributed by atoms with van der Waals surface area (Å²) in [6.07, 6.45) is 6.56. The number of hydrogen-bond donors (Lipinski definition) is 0. The molecule has 72 valence electrons. The molecule has 1 nitrogen and oxygen atoms in total. The highest BCUT2D eigenvalue weighted by Gasteiger charge is 2.09. The standard InChI is InChI=1S/C11H23N/c1-5-7-9-11(8-6-2)10(3)12-4/h11H,5-9H2,1-4H3. The molecular weight excluding hydrogens is 146 g/mol. The molecular formula is C11H23N. The minimum absolute atomic E-state index is 0.750. The highest BCUT2D eigenvalue weighted by Crippen LogP contribution is 2.16. The lowest BCUT2D eigenvalue weighted by molar-refractivity contribution is 0.536. The highest BCUT2D eigenvalue weighted by atomic mass is 14.7. The molecule has 0 aromatic carbocycles. The maximum Gasteiger partial charge on any atom is 0.0276 e. The first kappa shape index (κ1) is 11.7. The van der Waals surface area contributed by atoms with E-state index in [2.05, 4.69) is 25.8 Å². The maximum absolute atomic E-state index is 4.28. The Bertz CT molecular complexity index is 127. The Balaban J connectivity index is 3.85. The van der Waals surface area contributed by atoms with Crippen LogP contribution in [-0.4, -0.2) is 12.8 Å². The summed E-state index contributed by atoms with van der Waals surface area (Å²) in [6, 6.07) is 0. The molecule has 0 saturated carbocycles. The molecule has 0 aromatic rings. The zero-order chi connectivity index (χ0) is 9.40. The first-order valence-electron chi connectivity index (χ1n) is 5.19. The summed E-state index contributed by atoms with van der Waals surface area (Å²) >= 11 is 0. The lowest BCUT2D eigenvalue weighted by Gasteiger charge is -2.14. The highest BCUT2D eigenvalue weighted by molar-refractivity contribution is 5.84. The molecule has 1 heteroatoms. The van der Waals surface area contributed by atoms with Crippen molar-refractivity contribution >= 4 is 5.71 Å². The predicted octanol–water partition coefficient (Wildman–Crippen LogP) is 3.68. The third-order valence-electron chi connectivity index (χ3n) is 2.49. The number of unbranched alkanes of at least 4 members (excludes halogenated alkanes) is 1. The molecule has 0 N–H and O–H groups in total. The van der Waals surface area contributed by atoms with Crippen molar-refractivity contribution in [3.05, 3.63) is 0 Å². The summed E-state index contributed by atoms with van der Waals surface area (Å²) < 4.78 is 0. The minimum Gasteiger partial charge on any atom is -0.297 e. The molecule has 0 aromatic heterocycles. The molecule has 0 aliphatic heterocycles. The zero-order valence-electron chi connectivity index (χ0n) is 9.06. The van der Waals surface area contributed by atoms with Crippen LogP contribution in [0.4, 0.5) is 0 Å². The van der Waals surface area contributed by atoms with Gasteiger partial charge in [0.05, 0.1) is 0 Å². The van der Waals surface area contributed by atoms with E-state index in [1.54, 1.807) is 0 Å².